The SMILES string of the molecule is C/C=C/C[C@@H](C)[C@@H](O)C1C(=O)N[C@@H]([C@@H](C)O)C(=O)N(C)CC(=O)N(C)[C@@H](CC(C)C)C(=O)N[C@@H](C(C)C)C(=O)N(C)[C@@H](CC(C)C)C(=O)N[C@@H](C)C(=O)N[C@H](C)C(=O)N(C)[C@@H](CC(C)C)C(=O)N(C)[C@@H](CC(C)C)C(=O)N(C)[C@@H](C(C)C)C(=O)N1C. The molecule has 0 aliphatic carbocycles. The van der Waals surface area contributed by atoms with Gasteiger partial charge in [0.05, 0.1) is 18.8 Å². The molecular weight excluding hydrogens is 1110 g/mol. The summed E-state index contributed by atoms with van der Waals surface area (Å²) in [5, 5.41) is 34.0. The topological polar surface area (TPSA) is 299 Å². The Balaban J connectivity index is 4.37. The van der Waals surface area contributed by atoms with Crippen LogP contribution in [0.25, 0.3) is 0 Å². The van der Waals surface area contributed by atoms with Crippen molar-refractivity contribution in [2.75, 3.05) is 55.9 Å². The van der Waals surface area contributed by atoms with Crippen LogP contribution in [0.1, 0.15) is 150 Å². The second-order valence-electron chi connectivity index (χ2n) is 26.4. The summed E-state index contributed by atoms with van der Waals surface area (Å²) in [6.45, 7) is 28.5. The van der Waals surface area contributed by atoms with E-state index in [1.54, 1.807) is 53.7 Å². The first-order valence-electron chi connectivity index (χ1n) is 30.6. The number of nitrogens with zero attached hydrogens (tertiary/aromatic N) is 7. The third-order valence-corrected chi connectivity index (χ3v) is 16.1. The van der Waals surface area contributed by atoms with Gasteiger partial charge < -0.3 is 65.8 Å². The minimum absolute atomic E-state index is 0.113. The molecule has 0 saturated carbocycles. The molecule has 1 saturated heterocycles. The van der Waals surface area contributed by atoms with Crippen LogP contribution in [0.15, 0.2) is 12.2 Å². The molecular formula is C62H111N11O13. The van der Waals surface area contributed by atoms with Crippen LogP contribution in [0.2, 0.25) is 0 Å². The Hall–Kier alpha value is -6.17. The predicted octanol–water partition coefficient (Wildman–Crippen LogP) is 2.24. The first-order valence-corrected chi connectivity index (χ1v) is 30.6. The van der Waals surface area contributed by atoms with Crippen molar-refractivity contribution in [3.8, 4) is 0 Å². The van der Waals surface area contributed by atoms with Gasteiger partial charge in [-0.25, -0.2) is 0 Å². The monoisotopic (exact) mass is 1220 g/mol. The van der Waals surface area contributed by atoms with Crippen LogP contribution >= 0.6 is 0 Å². The number of hydrogen-bond donors (Lipinski definition) is 6. The fraction of sp³-hybridized carbons (Fsp3) is 0.790. The van der Waals surface area contributed by atoms with E-state index in [4.69, 9.17) is 0 Å². The van der Waals surface area contributed by atoms with E-state index < -0.39 is 162 Å². The number of carbonyl (C=O) groups excluding carboxylic acids is 11. The molecule has 0 radical (unpaired) electrons. The maximum Gasteiger partial charge on any atom is 0.248 e. The van der Waals surface area contributed by atoms with Crippen LogP contribution in [0.5, 0.6) is 0 Å². The highest BCUT2D eigenvalue weighted by atomic mass is 16.3. The molecule has 86 heavy (non-hydrogen) atoms. The lowest BCUT2D eigenvalue weighted by atomic mass is 9.91. The largest absolute Gasteiger partial charge is 0.391 e. The summed E-state index contributed by atoms with van der Waals surface area (Å²) >= 11 is 0. The number of hydrogen-bond acceptors (Lipinski definition) is 13. The second-order valence-corrected chi connectivity index (χ2v) is 26.4. The zero-order valence-corrected chi connectivity index (χ0v) is 56.4. The first-order chi connectivity index (χ1) is 39.6. The van der Waals surface area contributed by atoms with Crippen molar-refractivity contribution in [2.24, 2.45) is 41.4 Å². The highest BCUT2D eigenvalue weighted by Crippen LogP contribution is 2.26. The van der Waals surface area contributed by atoms with Gasteiger partial charge >= 0.3 is 0 Å². The standard InChI is InChI=1S/C62H111N11O13/c1-25-26-27-39(14)52(76)51-56(80)66-49(42(17)74)60(84)67(18)32-47(75)68(19)43(28-33(2)3)55(79)65-48(37(10)11)61(85)69(20)44(29-34(4)5)54(78)63-40(15)53(77)64-41(16)57(81)70(21)45(30-35(6)7)58(82)71(22)46(31-36(8)9)59(83)72(23)50(38(12)13)62(86)73(51)24/h25-26,33-46,48-52,74,76H,27-32H2,1-24H3,(H,63,78)(H,64,77)(H,65,79)(H,66,80)/b26-25+/t39-,40+,41-,42-,43+,44+,45+,46+,48+,49+,50+,51?,52-/m1/s1. The quantitative estimate of drug-likeness (QED) is 0.129. The van der Waals surface area contributed by atoms with Gasteiger partial charge in [-0.2, -0.15) is 0 Å². The van der Waals surface area contributed by atoms with Crippen molar-refractivity contribution >= 4 is 65.0 Å². The molecule has 492 valence electrons. The maximum absolute atomic E-state index is 15.1. The van der Waals surface area contributed by atoms with Crippen LogP contribution < -0.4 is 21.3 Å². The van der Waals surface area contributed by atoms with E-state index in [0.29, 0.717) is 0 Å². The summed E-state index contributed by atoms with van der Waals surface area (Å²) in [5.74, 6) is -10.7. The molecule has 24 heteroatoms. The Labute approximate surface area is 513 Å². The molecule has 1 rings (SSSR count). The molecule has 0 aromatic heterocycles. The van der Waals surface area contributed by atoms with Gasteiger partial charge in [-0.1, -0.05) is 102 Å². The smallest absolute Gasteiger partial charge is 0.248 e. The van der Waals surface area contributed by atoms with Gasteiger partial charge in [0.2, 0.25) is 65.0 Å². The molecule has 0 aromatic rings. The average molecular weight is 1220 g/mol. The van der Waals surface area contributed by atoms with Crippen molar-refractivity contribution in [1.29, 1.82) is 0 Å². The second kappa shape index (κ2) is 35.0. The Morgan fingerprint density at radius 1 is 0.430 bits per heavy atom. The summed E-state index contributed by atoms with van der Waals surface area (Å²) in [5.41, 5.74) is 0. The highest BCUT2D eigenvalue weighted by Gasteiger charge is 2.46. The number of carbonyl (C=O) groups is 11. The van der Waals surface area contributed by atoms with Crippen LogP contribution in [-0.2, 0) is 52.7 Å². The summed E-state index contributed by atoms with van der Waals surface area (Å²) in [6, 6.07) is -13.2. The normalized spacial score (nSPS) is 27.1. The van der Waals surface area contributed by atoms with Crippen molar-refractivity contribution in [2.45, 2.75) is 222 Å². The number of aliphatic hydroxyl groups is 2. The molecule has 1 aliphatic heterocycles. The van der Waals surface area contributed by atoms with Crippen LogP contribution in [0.3, 0.4) is 0 Å². The average Bonchev–Trinajstić information content (AvgIpc) is 2.16. The summed E-state index contributed by atoms with van der Waals surface area (Å²) in [7, 11) is 9.62. The van der Waals surface area contributed by atoms with Gasteiger partial charge in [-0.15, -0.1) is 0 Å². The van der Waals surface area contributed by atoms with Crippen molar-refractivity contribution in [1.82, 2.24) is 55.6 Å². The maximum atomic E-state index is 15.1. The molecule has 13 atom stereocenters. The van der Waals surface area contributed by atoms with Gasteiger partial charge in [0, 0.05) is 49.3 Å². The molecule has 1 fully saturated rings. The lowest BCUT2D eigenvalue weighted by Gasteiger charge is -2.41. The number of amides is 11. The minimum Gasteiger partial charge on any atom is -0.391 e. The van der Waals surface area contributed by atoms with Gasteiger partial charge in [0.25, 0.3) is 0 Å². The molecule has 0 spiro atoms. The molecule has 0 bridgehead atoms. The van der Waals surface area contributed by atoms with E-state index in [-0.39, 0.29) is 55.8 Å². The number of nitrogens with one attached hydrogen (secondary N) is 4. The minimum atomic E-state index is -1.74. The van der Waals surface area contributed by atoms with Crippen LogP contribution in [0.4, 0.5) is 0 Å². The summed E-state index contributed by atoms with van der Waals surface area (Å²) in [6.07, 6.45) is 1.10. The molecule has 0 aromatic carbocycles. The number of allylic oxidation sites excluding steroid dienone is 2. The molecule has 1 heterocycles. The number of rotatable bonds is 15. The third kappa shape index (κ3) is 21.6. The van der Waals surface area contributed by atoms with Crippen molar-refractivity contribution in [3.05, 3.63) is 12.2 Å². The molecule has 1 aliphatic rings. The Morgan fingerprint density at radius 2 is 0.826 bits per heavy atom. The molecule has 1 unspecified atom stereocenters. The van der Waals surface area contributed by atoms with E-state index >= 15 is 9.59 Å². The lowest BCUT2D eigenvalue weighted by Crippen LogP contribution is -2.64. The fourth-order valence-corrected chi connectivity index (χ4v) is 10.7. The van der Waals surface area contributed by atoms with E-state index in [1.807, 2.05) is 55.4 Å². The predicted molar refractivity (Wildman–Crippen MR) is 330 cm³/mol. The van der Waals surface area contributed by atoms with Crippen LogP contribution in [-0.4, -0.2) is 238 Å². The van der Waals surface area contributed by atoms with Crippen molar-refractivity contribution < 1.29 is 63.0 Å². The molecule has 11 amide bonds. The Bertz CT molecular complexity index is 2360. The fourth-order valence-electron chi connectivity index (χ4n) is 10.7. The zero-order chi connectivity index (χ0) is 66.8. The Kier molecular flexibility index (Phi) is 31.7. The Morgan fingerprint density at radius 3 is 1.27 bits per heavy atom. The van der Waals surface area contributed by atoms with Gasteiger partial charge in [0.15, 0.2) is 0 Å². The van der Waals surface area contributed by atoms with Crippen LogP contribution in [0, 0.1) is 41.4 Å². The number of likely N-dealkylation sites (N-methyl/N-ethyl adjacent to an activating group) is 7. The number of aliphatic hydroxyl groups excluding tert-OH is 2. The van der Waals surface area contributed by atoms with Gasteiger partial charge in [-0.05, 0) is 101 Å². The molecule has 24 nitrogen and oxygen atoms in total. The zero-order valence-electron chi connectivity index (χ0n) is 56.4. The third-order valence-electron chi connectivity index (χ3n) is 16.1. The van der Waals surface area contributed by atoms with Crippen molar-refractivity contribution in [3.63, 3.8) is 0 Å². The summed E-state index contributed by atoms with van der Waals surface area (Å²) < 4.78 is 0. The van der Waals surface area contributed by atoms with Gasteiger partial charge in [0.1, 0.15) is 60.4 Å². The first kappa shape index (κ1) is 77.8. The van der Waals surface area contributed by atoms with E-state index in [1.165, 1.54) is 89.7 Å². The lowest BCUT2D eigenvalue weighted by molar-refractivity contribution is -0.157. The van der Waals surface area contributed by atoms with E-state index in [9.17, 15) is 53.4 Å². The summed E-state index contributed by atoms with van der Waals surface area (Å²) in [4.78, 5) is 168. The highest BCUT2D eigenvalue weighted by molar-refractivity contribution is 5.99. The van der Waals surface area contributed by atoms with E-state index in [2.05, 4.69) is 21.3 Å². The molecule has 6 N–H and O–H groups in total. The van der Waals surface area contributed by atoms with Gasteiger partial charge in [-0.3, -0.25) is 52.7 Å². The van der Waals surface area contributed by atoms with E-state index in [0.717, 1.165) is 14.7 Å².